The Morgan fingerprint density at radius 3 is 0.750 bits per heavy atom. The molecule has 0 rings (SSSR count). The number of aliphatic hydroxyl groups excluding tert-OH is 1. The Balaban J connectivity index is 5.60. The highest BCUT2D eigenvalue weighted by molar-refractivity contribution is 7.47. The average Bonchev–Trinajstić information content (AvgIpc) is 0.895. The molecule has 0 aromatic heterocycles. The van der Waals surface area contributed by atoms with Crippen LogP contribution in [0.3, 0.4) is 0 Å². The van der Waals surface area contributed by atoms with E-state index in [4.69, 9.17) is 37.0 Å². The minimum absolute atomic E-state index is 0.00133. The van der Waals surface area contributed by atoms with Gasteiger partial charge in [0.25, 0.3) is 0 Å². The van der Waals surface area contributed by atoms with E-state index in [1.54, 1.807) is 0 Å². The van der Waals surface area contributed by atoms with Gasteiger partial charge in [0.2, 0.25) is 0 Å². The zero-order chi connectivity index (χ0) is 81.7. The summed E-state index contributed by atoms with van der Waals surface area (Å²) >= 11 is 0. The number of ether oxygens (including phenoxy) is 4. The number of aliphatic hydroxyl groups is 1. The van der Waals surface area contributed by atoms with E-state index in [0.29, 0.717) is 44.9 Å². The van der Waals surface area contributed by atoms with Gasteiger partial charge in [0.15, 0.2) is 12.2 Å². The summed E-state index contributed by atoms with van der Waals surface area (Å²) in [5.41, 5.74) is 0. The number of unbranched alkanes of at least 4 members (excludes halogenated alkanes) is 8. The molecule has 0 heterocycles. The highest BCUT2D eigenvalue weighted by Crippen LogP contribution is 2.45. The molecule has 0 saturated heterocycles. The molecule has 0 saturated carbocycles. The molecule has 0 aromatic carbocycles. The van der Waals surface area contributed by atoms with Gasteiger partial charge >= 0.3 is 39.5 Å². The Morgan fingerprint density at radius 2 is 0.464 bits per heavy atom. The summed E-state index contributed by atoms with van der Waals surface area (Å²) in [5, 5.41) is 10.7. The molecule has 0 aliphatic rings. The molecular weight excluding hydrogens is 1450 g/mol. The van der Waals surface area contributed by atoms with Gasteiger partial charge in [0.1, 0.15) is 19.3 Å². The standard InChI is InChI=1S/C93H142O17P2/c1-5-9-13-17-21-25-29-33-37-41-43-47-49-53-57-61-65-69-73-77-90(95)103-83-88(109-92(97)79-75-71-67-63-59-55-51-45-39-35-31-27-23-19-15-11-7-3)85-107-111(99,100)105-81-87(94)82-106-112(101,102)108-86-89(110-93(98)80-76-72-68-64-60-56-52-46-40-36-32-28-24-20-16-12-8-4)84-104-91(96)78-74-70-66-62-58-54-50-48-44-42-38-34-30-26-22-18-14-10-6-2/h9-16,21-28,33-40,43-44,47-48,51-53,55-57,63-65,67-69,87-89,94H,5-8,17-20,29-32,41-42,45-46,49-50,54,58-62,66,70-86H2,1-4H3,(H,99,100)(H,101,102)/b13-9-,14-10-,15-11-,16-12-,25-21-,26-22-,27-23-,28-24-,37-33-,38-34-,39-35-,40-36-,47-43-,48-44-,55-51-,56-52-,57-53-,67-63-,68-64-,69-65-. The molecule has 5 unspecified atom stereocenters. The van der Waals surface area contributed by atoms with E-state index in [-0.39, 0.29) is 25.7 Å². The van der Waals surface area contributed by atoms with Crippen molar-refractivity contribution >= 4 is 39.5 Å². The second-order valence-corrected chi connectivity index (χ2v) is 29.1. The SMILES string of the molecule is CC/C=C\C/C=C\C/C=C\C/C=C\C/C=C\C/C=C\CCC(=O)OCC(COP(=O)(O)OCC(O)COP(=O)(O)OCC(COC(=O)CCCCCCCC/C=C\C/C=C\C/C=C\C/C=C\CC)OC(=O)CCC/C=C\C/C=C\C/C=C\C/C=C\C/C=C\CC)OC(=O)CCC/C=C\C/C=C\C/C=C\C/C=C\C/C=C\CC. The van der Waals surface area contributed by atoms with E-state index in [9.17, 15) is 43.2 Å². The van der Waals surface area contributed by atoms with Crippen LogP contribution in [0.2, 0.25) is 0 Å². The number of phosphoric ester groups is 2. The molecule has 17 nitrogen and oxygen atoms in total. The lowest BCUT2D eigenvalue weighted by Gasteiger charge is -2.21. The van der Waals surface area contributed by atoms with Crippen molar-refractivity contribution in [1.29, 1.82) is 0 Å². The van der Waals surface area contributed by atoms with E-state index in [1.807, 2.05) is 42.5 Å². The first-order valence-electron chi connectivity index (χ1n) is 41.3. The minimum Gasteiger partial charge on any atom is -0.462 e. The minimum atomic E-state index is -5.03. The third kappa shape index (κ3) is 80.9. The van der Waals surface area contributed by atoms with E-state index in [0.717, 1.165) is 161 Å². The van der Waals surface area contributed by atoms with Gasteiger partial charge in [0, 0.05) is 25.7 Å². The maximum Gasteiger partial charge on any atom is 0.472 e. The summed E-state index contributed by atoms with van der Waals surface area (Å²) in [5.74, 6) is -2.46. The van der Waals surface area contributed by atoms with E-state index in [1.165, 1.54) is 0 Å². The van der Waals surface area contributed by atoms with Crippen LogP contribution in [0.4, 0.5) is 0 Å². The Hall–Kier alpha value is -7.14. The van der Waals surface area contributed by atoms with Crippen molar-refractivity contribution in [1.82, 2.24) is 0 Å². The Kier molecular flexibility index (Phi) is 76.6. The van der Waals surface area contributed by atoms with Crippen LogP contribution in [0.5, 0.6) is 0 Å². The first-order valence-corrected chi connectivity index (χ1v) is 44.3. The molecule has 112 heavy (non-hydrogen) atoms. The summed E-state index contributed by atoms with van der Waals surface area (Å²) in [7, 11) is -10.1. The van der Waals surface area contributed by atoms with Gasteiger partial charge in [-0.3, -0.25) is 37.3 Å². The monoisotopic (exact) mass is 1590 g/mol. The van der Waals surface area contributed by atoms with Gasteiger partial charge in [0.05, 0.1) is 26.4 Å². The third-order valence-corrected chi connectivity index (χ3v) is 17.7. The lowest BCUT2D eigenvalue weighted by molar-refractivity contribution is -0.161. The zero-order valence-corrected chi connectivity index (χ0v) is 70.3. The molecule has 0 radical (unpaired) electrons. The highest BCUT2D eigenvalue weighted by Gasteiger charge is 2.30. The molecule has 0 aliphatic heterocycles. The molecule has 0 fully saturated rings. The summed E-state index contributed by atoms with van der Waals surface area (Å²) < 4.78 is 68.5. The molecule has 19 heteroatoms. The first-order chi connectivity index (χ1) is 54.7. The number of allylic oxidation sites excluding steroid dienone is 40. The molecule has 5 atom stereocenters. The van der Waals surface area contributed by atoms with Crippen LogP contribution in [-0.2, 0) is 65.4 Å². The van der Waals surface area contributed by atoms with Gasteiger partial charge in [-0.25, -0.2) is 9.13 Å². The van der Waals surface area contributed by atoms with Crippen molar-refractivity contribution in [2.45, 2.75) is 277 Å². The van der Waals surface area contributed by atoms with Crippen LogP contribution in [-0.4, -0.2) is 96.7 Å². The molecule has 0 bridgehead atoms. The van der Waals surface area contributed by atoms with Crippen molar-refractivity contribution in [3.05, 3.63) is 243 Å². The smallest absolute Gasteiger partial charge is 0.462 e. The maximum absolute atomic E-state index is 13.1. The fraction of sp³-hybridized carbons (Fsp3) is 0.527. The van der Waals surface area contributed by atoms with Gasteiger partial charge in [-0.05, 0) is 180 Å². The highest BCUT2D eigenvalue weighted by atomic mass is 31.2. The Bertz CT molecular complexity index is 3090. The summed E-state index contributed by atoms with van der Waals surface area (Å²) in [6.07, 6.45) is 107. The topological polar surface area (TPSA) is 237 Å². The number of hydrogen-bond acceptors (Lipinski definition) is 15. The largest absolute Gasteiger partial charge is 0.472 e. The number of esters is 4. The van der Waals surface area contributed by atoms with Crippen LogP contribution in [0.1, 0.15) is 259 Å². The molecule has 0 aromatic rings. The predicted octanol–water partition coefficient (Wildman–Crippen LogP) is 24.8. The fourth-order valence-corrected chi connectivity index (χ4v) is 11.3. The van der Waals surface area contributed by atoms with Gasteiger partial charge in [-0.2, -0.15) is 0 Å². The van der Waals surface area contributed by atoms with E-state index < -0.39 is 97.5 Å². The lowest BCUT2D eigenvalue weighted by Crippen LogP contribution is -2.30. The second kappa shape index (κ2) is 81.9. The van der Waals surface area contributed by atoms with Crippen molar-refractivity contribution < 1.29 is 80.2 Å². The Labute approximate surface area is 676 Å². The summed E-state index contributed by atoms with van der Waals surface area (Å²) in [4.78, 5) is 73.2. The predicted molar refractivity (Wildman–Crippen MR) is 463 cm³/mol. The van der Waals surface area contributed by atoms with Gasteiger partial charge in [-0.15, -0.1) is 0 Å². The molecule has 0 spiro atoms. The number of rotatable bonds is 74. The molecule has 3 N–H and O–H groups in total. The zero-order valence-electron chi connectivity index (χ0n) is 68.5. The van der Waals surface area contributed by atoms with Crippen LogP contribution in [0, 0.1) is 0 Å². The number of carbonyl (C=O) groups is 4. The molecular formula is C93H142O17P2. The molecule has 0 amide bonds. The summed E-state index contributed by atoms with van der Waals surface area (Å²) in [6.45, 7) is 4.14. The number of phosphoric acid groups is 2. The van der Waals surface area contributed by atoms with Crippen LogP contribution >= 0.6 is 15.6 Å². The van der Waals surface area contributed by atoms with Crippen LogP contribution in [0.15, 0.2) is 243 Å². The lowest BCUT2D eigenvalue weighted by atomic mass is 10.1. The van der Waals surface area contributed by atoms with Crippen LogP contribution in [0.25, 0.3) is 0 Å². The Morgan fingerprint density at radius 1 is 0.250 bits per heavy atom. The van der Waals surface area contributed by atoms with Gasteiger partial charge in [-0.1, -0.05) is 296 Å². The summed E-state index contributed by atoms with van der Waals surface area (Å²) in [6, 6.07) is 0. The molecule has 626 valence electrons. The van der Waals surface area contributed by atoms with Crippen molar-refractivity contribution in [3.63, 3.8) is 0 Å². The van der Waals surface area contributed by atoms with E-state index >= 15 is 0 Å². The van der Waals surface area contributed by atoms with Crippen molar-refractivity contribution in [2.24, 2.45) is 0 Å². The number of carbonyl (C=O) groups excluding carboxylic acids is 4. The maximum atomic E-state index is 13.1. The second-order valence-electron chi connectivity index (χ2n) is 26.2. The third-order valence-electron chi connectivity index (χ3n) is 15.8. The average molecular weight is 1590 g/mol. The fourth-order valence-electron chi connectivity index (χ4n) is 9.72. The van der Waals surface area contributed by atoms with Crippen molar-refractivity contribution in [2.75, 3.05) is 39.6 Å². The molecule has 0 aliphatic carbocycles. The number of hydrogen-bond donors (Lipinski definition) is 3. The quantitative estimate of drug-likeness (QED) is 0.0169. The van der Waals surface area contributed by atoms with Crippen LogP contribution < -0.4 is 0 Å². The van der Waals surface area contributed by atoms with E-state index in [2.05, 4.69) is 228 Å². The first kappa shape index (κ1) is 105. The van der Waals surface area contributed by atoms with Crippen molar-refractivity contribution in [3.8, 4) is 0 Å². The van der Waals surface area contributed by atoms with Gasteiger partial charge < -0.3 is 33.8 Å². The normalized spacial score (nSPS) is 15.0.